The molecule has 0 radical (unpaired) electrons. The van der Waals surface area contributed by atoms with Gasteiger partial charge in [-0.2, -0.15) is 0 Å². The van der Waals surface area contributed by atoms with Gasteiger partial charge in [0.1, 0.15) is 0 Å². The van der Waals surface area contributed by atoms with Gasteiger partial charge >= 0.3 is 0 Å². The zero-order valence-electron chi connectivity index (χ0n) is 27.1. The van der Waals surface area contributed by atoms with Gasteiger partial charge in [0.05, 0.1) is 22.4 Å². The van der Waals surface area contributed by atoms with Crippen LogP contribution in [-0.2, 0) is 0 Å². The first kappa shape index (κ1) is 29.4. The molecule has 0 spiro atoms. The van der Waals surface area contributed by atoms with E-state index in [1.807, 2.05) is 48.5 Å². The predicted molar refractivity (Wildman–Crippen MR) is 205 cm³/mol. The van der Waals surface area contributed by atoms with Crippen LogP contribution in [0.15, 0.2) is 188 Å². The van der Waals surface area contributed by atoms with Crippen molar-refractivity contribution in [2.45, 2.75) is 0 Å². The molecule has 3 heterocycles. The van der Waals surface area contributed by atoms with Crippen LogP contribution in [0.25, 0.3) is 72.3 Å². The second-order valence-electron chi connectivity index (χ2n) is 12.3. The van der Waals surface area contributed by atoms with Crippen molar-refractivity contribution < 1.29 is 4.74 Å². The number of fused-ring (bicyclic) bond motifs is 3. The molecule has 0 N–H and O–H groups in total. The molecule has 0 aliphatic rings. The number of ether oxygens (including phenoxy) is 1. The number of hydrogen-bond donors (Lipinski definition) is 0. The summed E-state index contributed by atoms with van der Waals surface area (Å²) in [5.41, 5.74) is 11.5. The van der Waals surface area contributed by atoms with Gasteiger partial charge < -0.3 is 9.30 Å². The molecule has 0 saturated carbocycles. The van der Waals surface area contributed by atoms with Crippen LogP contribution >= 0.6 is 0 Å². The van der Waals surface area contributed by atoms with Gasteiger partial charge in [-0.05, 0) is 64.7 Å². The van der Waals surface area contributed by atoms with Crippen molar-refractivity contribution in [1.82, 2.24) is 14.5 Å². The topological polar surface area (TPSA) is 39.9 Å². The normalized spacial score (nSPS) is 11.2. The number of aromatic nitrogens is 3. The van der Waals surface area contributed by atoms with E-state index in [2.05, 4.69) is 144 Å². The molecule has 9 rings (SSSR count). The predicted octanol–water partition coefficient (Wildman–Crippen LogP) is 12.0. The second kappa shape index (κ2) is 12.7. The standard InChI is InChI=1S/C46H31N3O/c1-4-14-32(15-5-1)34-18-12-19-36(28-34)41-23-13-25-45(47-41)50-46-31-37(29-42(48-46)33-16-6-2-7-17-33)35-26-27-40-39-22-10-11-24-43(39)49(44(40)30-35)38-20-8-3-9-21-38/h1-31H. The van der Waals surface area contributed by atoms with E-state index < -0.39 is 0 Å². The number of hydrogen-bond acceptors (Lipinski definition) is 3. The van der Waals surface area contributed by atoms with Crippen molar-refractivity contribution in [2.75, 3.05) is 0 Å². The lowest BCUT2D eigenvalue weighted by Gasteiger charge is -2.12. The summed E-state index contributed by atoms with van der Waals surface area (Å²) in [7, 11) is 0. The fourth-order valence-corrected chi connectivity index (χ4v) is 6.71. The van der Waals surface area contributed by atoms with Crippen LogP contribution < -0.4 is 4.74 Å². The number of para-hydroxylation sites is 2. The van der Waals surface area contributed by atoms with Crippen molar-refractivity contribution in [3.63, 3.8) is 0 Å². The molecule has 236 valence electrons. The Bertz CT molecular complexity index is 2610. The monoisotopic (exact) mass is 641 g/mol. The number of benzene rings is 6. The van der Waals surface area contributed by atoms with E-state index in [1.165, 1.54) is 21.9 Å². The summed E-state index contributed by atoms with van der Waals surface area (Å²) in [6, 6.07) is 64.9. The van der Waals surface area contributed by atoms with E-state index in [4.69, 9.17) is 14.7 Å². The number of nitrogens with zero attached hydrogens (tertiary/aromatic N) is 3. The maximum absolute atomic E-state index is 6.48. The first-order valence-corrected chi connectivity index (χ1v) is 16.7. The molecule has 0 unspecified atom stereocenters. The highest BCUT2D eigenvalue weighted by molar-refractivity contribution is 6.10. The molecule has 0 atom stereocenters. The van der Waals surface area contributed by atoms with Gasteiger partial charge in [0.15, 0.2) is 0 Å². The van der Waals surface area contributed by atoms with Crippen LogP contribution in [0.3, 0.4) is 0 Å². The van der Waals surface area contributed by atoms with Gasteiger partial charge in [-0.1, -0.05) is 133 Å². The Morgan fingerprint density at radius 3 is 1.78 bits per heavy atom. The number of pyridine rings is 2. The van der Waals surface area contributed by atoms with Crippen molar-refractivity contribution in [2.24, 2.45) is 0 Å². The van der Waals surface area contributed by atoms with Gasteiger partial charge in [-0.3, -0.25) is 0 Å². The highest BCUT2D eigenvalue weighted by Gasteiger charge is 2.15. The molecular weight excluding hydrogens is 611 g/mol. The average Bonchev–Trinajstić information content (AvgIpc) is 3.53. The molecule has 0 amide bonds. The fraction of sp³-hybridized carbons (Fsp3) is 0. The average molecular weight is 642 g/mol. The fourth-order valence-electron chi connectivity index (χ4n) is 6.71. The quantitative estimate of drug-likeness (QED) is 0.174. The Labute approximate surface area is 290 Å². The Hall–Kier alpha value is -6.78. The second-order valence-corrected chi connectivity index (χ2v) is 12.3. The maximum Gasteiger partial charge on any atom is 0.222 e. The Kier molecular flexibility index (Phi) is 7.45. The highest BCUT2D eigenvalue weighted by Crippen LogP contribution is 2.37. The largest absolute Gasteiger partial charge is 0.421 e. The van der Waals surface area contributed by atoms with E-state index in [0.29, 0.717) is 11.8 Å². The Morgan fingerprint density at radius 2 is 0.960 bits per heavy atom. The summed E-state index contributed by atoms with van der Waals surface area (Å²) >= 11 is 0. The van der Waals surface area contributed by atoms with E-state index in [-0.39, 0.29) is 0 Å². The van der Waals surface area contributed by atoms with Gasteiger partial charge in [0.25, 0.3) is 0 Å². The highest BCUT2D eigenvalue weighted by atomic mass is 16.5. The SMILES string of the molecule is c1ccc(-c2cccc(-c3cccc(Oc4cc(-c5ccc6c7ccccc7n(-c7ccccc7)c6c5)cc(-c5ccccc5)n4)n3)c2)cc1. The van der Waals surface area contributed by atoms with Crippen LogP contribution in [0.2, 0.25) is 0 Å². The molecule has 9 aromatic rings. The molecule has 0 aliphatic carbocycles. The first-order valence-electron chi connectivity index (χ1n) is 16.7. The molecule has 4 nitrogen and oxygen atoms in total. The van der Waals surface area contributed by atoms with E-state index in [1.54, 1.807) is 0 Å². The summed E-state index contributed by atoms with van der Waals surface area (Å²) in [6.07, 6.45) is 0. The third-order valence-corrected chi connectivity index (χ3v) is 9.09. The summed E-state index contributed by atoms with van der Waals surface area (Å²) < 4.78 is 8.82. The summed E-state index contributed by atoms with van der Waals surface area (Å²) in [5, 5.41) is 2.43. The molecule has 0 saturated heterocycles. The molecule has 50 heavy (non-hydrogen) atoms. The van der Waals surface area contributed by atoms with Crippen molar-refractivity contribution in [1.29, 1.82) is 0 Å². The lowest BCUT2D eigenvalue weighted by molar-refractivity contribution is 0.446. The Morgan fingerprint density at radius 1 is 0.340 bits per heavy atom. The van der Waals surface area contributed by atoms with Crippen LogP contribution in [0, 0.1) is 0 Å². The molecular formula is C46H31N3O. The molecule has 0 fully saturated rings. The van der Waals surface area contributed by atoms with Crippen molar-refractivity contribution >= 4 is 21.8 Å². The zero-order chi connectivity index (χ0) is 33.3. The lowest BCUT2D eigenvalue weighted by atomic mass is 10.0. The smallest absolute Gasteiger partial charge is 0.222 e. The zero-order valence-corrected chi connectivity index (χ0v) is 27.1. The minimum atomic E-state index is 0.479. The van der Waals surface area contributed by atoms with E-state index >= 15 is 0 Å². The van der Waals surface area contributed by atoms with Gasteiger partial charge in [-0.25, -0.2) is 9.97 Å². The Balaban J connectivity index is 1.14. The van der Waals surface area contributed by atoms with E-state index in [9.17, 15) is 0 Å². The molecule has 4 heteroatoms. The third kappa shape index (κ3) is 5.59. The molecule has 0 aliphatic heterocycles. The molecule has 6 aromatic carbocycles. The first-order chi connectivity index (χ1) is 24.8. The van der Waals surface area contributed by atoms with Gasteiger partial charge in [0, 0.05) is 39.7 Å². The lowest BCUT2D eigenvalue weighted by Crippen LogP contribution is -1.96. The molecule has 0 bridgehead atoms. The van der Waals surface area contributed by atoms with Crippen molar-refractivity contribution in [3.8, 4) is 62.2 Å². The van der Waals surface area contributed by atoms with Crippen LogP contribution in [0.1, 0.15) is 0 Å². The summed E-state index contributed by atoms with van der Waals surface area (Å²) in [4.78, 5) is 9.90. The summed E-state index contributed by atoms with van der Waals surface area (Å²) in [5.74, 6) is 0.962. The van der Waals surface area contributed by atoms with Crippen LogP contribution in [-0.4, -0.2) is 14.5 Å². The van der Waals surface area contributed by atoms with Gasteiger partial charge in [0.2, 0.25) is 11.8 Å². The maximum atomic E-state index is 6.48. The minimum Gasteiger partial charge on any atom is -0.421 e. The third-order valence-electron chi connectivity index (χ3n) is 9.09. The number of rotatable bonds is 7. The van der Waals surface area contributed by atoms with Gasteiger partial charge in [-0.15, -0.1) is 0 Å². The molecule has 3 aromatic heterocycles. The minimum absolute atomic E-state index is 0.479. The summed E-state index contributed by atoms with van der Waals surface area (Å²) in [6.45, 7) is 0. The van der Waals surface area contributed by atoms with Crippen molar-refractivity contribution in [3.05, 3.63) is 188 Å². The van der Waals surface area contributed by atoms with Crippen LogP contribution in [0.4, 0.5) is 0 Å². The van der Waals surface area contributed by atoms with E-state index in [0.717, 1.165) is 50.4 Å². The van der Waals surface area contributed by atoms with Crippen LogP contribution in [0.5, 0.6) is 11.8 Å².